The Kier molecular flexibility index (Phi) is 10.9. The molecule has 0 atom stereocenters. The molecule has 2 heterocycles. The number of aromatic nitrogens is 2. The number of nitro groups is 2. The van der Waals surface area contributed by atoms with Gasteiger partial charge in [-0.2, -0.15) is 0 Å². The van der Waals surface area contributed by atoms with Gasteiger partial charge in [0.1, 0.15) is 11.4 Å². The van der Waals surface area contributed by atoms with Crippen molar-refractivity contribution < 1.29 is 28.9 Å². The lowest BCUT2D eigenvalue weighted by Gasteiger charge is -2.09. The van der Waals surface area contributed by atoms with Gasteiger partial charge in [-0.3, -0.25) is 20.2 Å². The molecule has 2 aromatic heterocycles. The minimum atomic E-state index is -0.570. The lowest BCUT2D eigenvalue weighted by molar-refractivity contribution is -0.385. The zero-order chi connectivity index (χ0) is 25.8. The lowest BCUT2D eigenvalue weighted by Crippen LogP contribution is -2.12. The van der Waals surface area contributed by atoms with Crippen LogP contribution >= 0.6 is 0 Å². The summed E-state index contributed by atoms with van der Waals surface area (Å²) >= 11 is 0. The molecule has 0 bridgehead atoms. The van der Waals surface area contributed by atoms with E-state index in [2.05, 4.69) is 0 Å². The minimum absolute atomic E-state index is 0.132. The van der Waals surface area contributed by atoms with Crippen LogP contribution in [0.25, 0.3) is 0 Å². The fourth-order valence-corrected chi connectivity index (χ4v) is 3.76. The average molecular weight is 493 g/mol. The van der Waals surface area contributed by atoms with Crippen molar-refractivity contribution in [3.05, 3.63) is 56.1 Å². The van der Waals surface area contributed by atoms with E-state index in [4.69, 9.17) is 9.47 Å². The summed E-state index contributed by atoms with van der Waals surface area (Å²) in [7, 11) is 0. The summed E-state index contributed by atoms with van der Waals surface area (Å²) in [5.74, 6) is -1.14. The Morgan fingerprint density at radius 3 is 1.37 bits per heavy atom. The van der Waals surface area contributed by atoms with Gasteiger partial charge in [-0.15, -0.1) is 0 Å². The molecule has 0 radical (unpaired) electrons. The van der Waals surface area contributed by atoms with Crippen LogP contribution in [-0.4, -0.2) is 44.1 Å². The van der Waals surface area contributed by atoms with Crippen molar-refractivity contribution >= 4 is 23.3 Å². The van der Waals surface area contributed by atoms with Gasteiger partial charge in [0.2, 0.25) is 0 Å². The van der Waals surface area contributed by atoms with E-state index in [-0.39, 0.29) is 36.0 Å². The van der Waals surface area contributed by atoms with E-state index in [1.54, 1.807) is 23.0 Å². The van der Waals surface area contributed by atoms with Gasteiger partial charge < -0.3 is 18.6 Å². The van der Waals surface area contributed by atoms with Crippen LogP contribution in [0.5, 0.6) is 0 Å². The van der Waals surface area contributed by atoms with Gasteiger partial charge in [0, 0.05) is 25.2 Å². The van der Waals surface area contributed by atoms with Crippen LogP contribution in [-0.2, 0) is 22.6 Å². The highest BCUT2D eigenvalue weighted by molar-refractivity contribution is 5.89. The third-order valence-corrected chi connectivity index (χ3v) is 5.45. The molecule has 0 saturated carbocycles. The van der Waals surface area contributed by atoms with Crippen LogP contribution in [0, 0.1) is 20.2 Å². The Morgan fingerprint density at radius 1 is 0.714 bits per heavy atom. The number of hydrogen-bond acceptors (Lipinski definition) is 8. The van der Waals surface area contributed by atoms with E-state index < -0.39 is 21.8 Å². The number of esters is 2. The molecule has 0 fully saturated rings. The smallest absolute Gasteiger partial charge is 0.355 e. The zero-order valence-corrected chi connectivity index (χ0v) is 20.1. The Bertz CT molecular complexity index is 947. The number of carbonyl (C=O) groups is 2. The van der Waals surface area contributed by atoms with Crippen molar-refractivity contribution in [3.63, 3.8) is 0 Å². The van der Waals surface area contributed by atoms with E-state index in [1.165, 1.54) is 24.5 Å². The van der Waals surface area contributed by atoms with Crippen molar-refractivity contribution in [1.29, 1.82) is 0 Å². The maximum atomic E-state index is 12.0. The summed E-state index contributed by atoms with van der Waals surface area (Å²) in [6, 6.07) is 2.48. The maximum Gasteiger partial charge on any atom is 0.355 e. The highest BCUT2D eigenvalue weighted by atomic mass is 16.6. The van der Waals surface area contributed by atoms with Gasteiger partial charge in [-0.05, 0) is 26.7 Å². The summed E-state index contributed by atoms with van der Waals surface area (Å²) in [6.07, 6.45) is 9.03. The number of carbonyl (C=O) groups excluding carboxylic acids is 2. The van der Waals surface area contributed by atoms with Gasteiger partial charge in [0.05, 0.1) is 35.5 Å². The molecule has 2 aromatic rings. The van der Waals surface area contributed by atoms with Gasteiger partial charge in [-0.1, -0.05) is 32.1 Å². The standard InChI is InChI=1S/C23H32N4O8/c1-3-34-22(28)20-14-18(26(30)31)16-24(20)12-10-8-6-5-7-9-11-13-25-17-19(27(32)33)15-21(25)23(29)35-4-2/h14-17H,3-13H2,1-2H3. The van der Waals surface area contributed by atoms with Gasteiger partial charge in [0.25, 0.3) is 11.4 Å². The fraction of sp³-hybridized carbons (Fsp3) is 0.565. The number of unbranched alkanes of at least 4 members (excludes halogenated alkanes) is 6. The van der Waals surface area contributed by atoms with Gasteiger partial charge in [0.15, 0.2) is 0 Å². The van der Waals surface area contributed by atoms with Crippen LogP contribution in [0.3, 0.4) is 0 Å². The zero-order valence-electron chi connectivity index (χ0n) is 20.1. The van der Waals surface area contributed by atoms with Crippen molar-refractivity contribution in [3.8, 4) is 0 Å². The fourth-order valence-electron chi connectivity index (χ4n) is 3.76. The number of hydrogen-bond donors (Lipinski definition) is 0. The van der Waals surface area contributed by atoms with Crippen LogP contribution < -0.4 is 0 Å². The van der Waals surface area contributed by atoms with Crippen LogP contribution in [0.2, 0.25) is 0 Å². The van der Waals surface area contributed by atoms with Crippen LogP contribution in [0.4, 0.5) is 11.4 Å². The molecule has 0 aliphatic heterocycles. The normalized spacial score (nSPS) is 10.8. The number of rotatable bonds is 16. The molecular formula is C23H32N4O8. The first-order chi connectivity index (χ1) is 16.8. The van der Waals surface area contributed by atoms with E-state index in [1.807, 2.05) is 0 Å². The summed E-state index contributed by atoms with van der Waals surface area (Å²) in [5.41, 5.74) is 0.108. The second kappa shape index (κ2) is 13.9. The molecule has 12 nitrogen and oxygen atoms in total. The molecule has 192 valence electrons. The first kappa shape index (κ1) is 27.5. The maximum absolute atomic E-state index is 12.0. The molecule has 0 spiro atoms. The molecule has 0 N–H and O–H groups in total. The number of ether oxygens (including phenoxy) is 2. The van der Waals surface area contributed by atoms with Gasteiger partial charge >= 0.3 is 11.9 Å². The molecule has 0 amide bonds. The predicted molar refractivity (Wildman–Crippen MR) is 126 cm³/mol. The van der Waals surface area contributed by atoms with E-state index in [0.29, 0.717) is 13.1 Å². The summed E-state index contributed by atoms with van der Waals surface area (Å²) in [6.45, 7) is 4.74. The predicted octanol–water partition coefficient (Wildman–Crippen LogP) is 4.89. The van der Waals surface area contributed by atoms with Crippen molar-refractivity contribution in [2.75, 3.05) is 13.2 Å². The Morgan fingerprint density at radius 2 is 1.06 bits per heavy atom. The largest absolute Gasteiger partial charge is 0.461 e. The van der Waals surface area contributed by atoms with Crippen molar-refractivity contribution in [1.82, 2.24) is 9.13 Å². The molecule has 35 heavy (non-hydrogen) atoms. The molecule has 0 aromatic carbocycles. The first-order valence-corrected chi connectivity index (χ1v) is 11.8. The Hall–Kier alpha value is -3.70. The van der Waals surface area contributed by atoms with Crippen LogP contribution in [0.15, 0.2) is 24.5 Å². The molecule has 0 unspecified atom stereocenters. The second-order valence-corrected chi connectivity index (χ2v) is 7.98. The summed E-state index contributed by atoms with van der Waals surface area (Å²) < 4.78 is 13.1. The quantitative estimate of drug-likeness (QED) is 0.139. The van der Waals surface area contributed by atoms with E-state index in [0.717, 1.165) is 44.9 Å². The van der Waals surface area contributed by atoms with Crippen molar-refractivity contribution in [2.24, 2.45) is 0 Å². The number of nitrogens with zero attached hydrogens (tertiary/aromatic N) is 4. The summed E-state index contributed by atoms with van der Waals surface area (Å²) in [5, 5.41) is 22.1. The van der Waals surface area contributed by atoms with E-state index in [9.17, 15) is 29.8 Å². The number of aryl methyl sites for hydroxylation is 2. The average Bonchev–Trinajstić information content (AvgIpc) is 3.43. The minimum Gasteiger partial charge on any atom is -0.461 e. The molecular weight excluding hydrogens is 460 g/mol. The Labute approximate surface area is 203 Å². The SMILES string of the molecule is CCOC(=O)c1cc([N+](=O)[O-])cn1CCCCCCCCCn1cc([N+](=O)[O-])cc1C(=O)OCC. The second-order valence-electron chi connectivity index (χ2n) is 7.98. The highest BCUT2D eigenvalue weighted by Crippen LogP contribution is 2.20. The van der Waals surface area contributed by atoms with E-state index >= 15 is 0 Å². The summed E-state index contributed by atoms with van der Waals surface area (Å²) in [4.78, 5) is 45.1. The highest BCUT2D eigenvalue weighted by Gasteiger charge is 2.21. The monoisotopic (exact) mass is 492 g/mol. The van der Waals surface area contributed by atoms with Crippen LogP contribution in [0.1, 0.15) is 79.8 Å². The lowest BCUT2D eigenvalue weighted by atomic mass is 10.1. The third-order valence-electron chi connectivity index (χ3n) is 5.45. The van der Waals surface area contributed by atoms with Gasteiger partial charge in [-0.25, -0.2) is 9.59 Å². The first-order valence-electron chi connectivity index (χ1n) is 11.8. The third kappa shape index (κ3) is 8.23. The molecule has 0 saturated heterocycles. The molecule has 2 rings (SSSR count). The Balaban J connectivity index is 1.72. The molecule has 0 aliphatic rings. The molecule has 12 heteroatoms. The van der Waals surface area contributed by atoms with Crippen molar-refractivity contribution in [2.45, 2.75) is 71.9 Å². The topological polar surface area (TPSA) is 149 Å². The molecule has 0 aliphatic carbocycles.